The van der Waals surface area contributed by atoms with E-state index in [0.29, 0.717) is 31.5 Å². The Morgan fingerprint density at radius 2 is 1.82 bits per heavy atom. The standard InChI is InChI=1S/C32H41N3O5/c1-6-31-14-15-32(40-31)26(25(31)28(37)33-17-22-10-8-7-9-11-22)30(39)35(24(18-36)19(2)3)27(32)29(38)34-23-16-20(4)12-13-21(23)5/h7-13,16,19,24-27,36H,6,14-15,17-18H2,1-5H3,(H,33,37)(H,34,38)/t24-,25-,26-,27?,31+,32?/m0/s1. The number of benzene rings is 2. The van der Waals surface area contributed by atoms with Crippen molar-refractivity contribution in [2.75, 3.05) is 11.9 Å². The largest absolute Gasteiger partial charge is 0.394 e. The van der Waals surface area contributed by atoms with Crippen molar-refractivity contribution in [3.8, 4) is 0 Å². The summed E-state index contributed by atoms with van der Waals surface area (Å²) < 4.78 is 6.84. The lowest BCUT2D eigenvalue weighted by Gasteiger charge is -2.38. The Bertz CT molecular complexity index is 1300. The number of nitrogens with one attached hydrogen (secondary N) is 2. The van der Waals surface area contributed by atoms with E-state index < -0.39 is 35.1 Å². The molecule has 40 heavy (non-hydrogen) atoms. The lowest BCUT2D eigenvalue weighted by Crippen LogP contribution is -2.57. The Hall–Kier alpha value is -3.23. The summed E-state index contributed by atoms with van der Waals surface area (Å²) in [7, 11) is 0. The van der Waals surface area contributed by atoms with Crippen LogP contribution in [-0.2, 0) is 25.7 Å². The first-order valence-electron chi connectivity index (χ1n) is 14.4. The van der Waals surface area contributed by atoms with Crippen molar-refractivity contribution < 1.29 is 24.2 Å². The highest BCUT2D eigenvalue weighted by atomic mass is 16.5. The first kappa shape index (κ1) is 28.3. The number of carbonyl (C=O) groups is 3. The summed E-state index contributed by atoms with van der Waals surface area (Å²) in [5.74, 6) is -2.51. The average Bonchev–Trinajstić information content (AvgIpc) is 3.54. The maximum atomic E-state index is 14.4. The van der Waals surface area contributed by atoms with Crippen LogP contribution in [0, 0.1) is 31.6 Å². The van der Waals surface area contributed by atoms with Gasteiger partial charge in [0.05, 0.1) is 30.1 Å². The number of hydrogen-bond acceptors (Lipinski definition) is 5. The van der Waals surface area contributed by atoms with Crippen LogP contribution in [0.4, 0.5) is 5.69 Å². The Morgan fingerprint density at radius 3 is 2.48 bits per heavy atom. The zero-order chi connectivity index (χ0) is 28.8. The van der Waals surface area contributed by atoms with Gasteiger partial charge in [-0.1, -0.05) is 63.2 Å². The van der Waals surface area contributed by atoms with Crippen molar-refractivity contribution in [3.05, 3.63) is 65.2 Å². The molecule has 3 saturated heterocycles. The van der Waals surface area contributed by atoms with Crippen LogP contribution in [0.2, 0.25) is 0 Å². The van der Waals surface area contributed by atoms with E-state index in [0.717, 1.165) is 16.7 Å². The Labute approximate surface area is 236 Å². The Morgan fingerprint density at radius 1 is 1.10 bits per heavy atom. The van der Waals surface area contributed by atoms with E-state index in [9.17, 15) is 19.5 Å². The molecule has 5 rings (SSSR count). The predicted octanol–water partition coefficient (Wildman–Crippen LogP) is 3.73. The van der Waals surface area contributed by atoms with Gasteiger partial charge in [-0.2, -0.15) is 0 Å². The lowest BCUT2D eigenvalue weighted by molar-refractivity contribution is -0.150. The van der Waals surface area contributed by atoms with Gasteiger partial charge in [-0.05, 0) is 61.8 Å². The van der Waals surface area contributed by atoms with Crippen LogP contribution in [0.3, 0.4) is 0 Å². The van der Waals surface area contributed by atoms with Crippen LogP contribution < -0.4 is 10.6 Å². The number of aliphatic hydroxyl groups excluding tert-OH is 1. The molecule has 8 nitrogen and oxygen atoms in total. The van der Waals surface area contributed by atoms with Gasteiger partial charge in [0, 0.05) is 12.2 Å². The second-order valence-electron chi connectivity index (χ2n) is 12.1. The van der Waals surface area contributed by atoms with Gasteiger partial charge in [-0.15, -0.1) is 0 Å². The molecule has 0 aliphatic carbocycles. The molecule has 3 aliphatic heterocycles. The molecule has 2 unspecified atom stereocenters. The summed E-state index contributed by atoms with van der Waals surface area (Å²) in [6.45, 7) is 9.77. The molecule has 2 aromatic rings. The summed E-state index contributed by atoms with van der Waals surface area (Å²) in [6, 6.07) is 13.9. The third kappa shape index (κ3) is 4.41. The Balaban J connectivity index is 1.54. The SMILES string of the molecule is CC[C@]12CCC3(O1)C(C(=O)Nc1cc(C)ccc1C)N([C@@H](CO)C(C)C)C(=O)[C@@H]3[C@H]2C(=O)NCc1ccccc1. The number of hydrogen-bond donors (Lipinski definition) is 3. The second kappa shape index (κ2) is 10.6. The first-order chi connectivity index (χ1) is 19.1. The molecular formula is C32H41N3O5. The number of amides is 3. The topological polar surface area (TPSA) is 108 Å². The van der Waals surface area contributed by atoms with E-state index >= 15 is 0 Å². The van der Waals surface area contributed by atoms with Crippen molar-refractivity contribution in [1.29, 1.82) is 0 Å². The van der Waals surface area contributed by atoms with Gasteiger partial charge < -0.3 is 25.4 Å². The number of aliphatic hydroxyl groups is 1. The molecule has 3 amide bonds. The van der Waals surface area contributed by atoms with Crippen LogP contribution in [0.1, 0.15) is 56.7 Å². The van der Waals surface area contributed by atoms with E-state index in [1.807, 2.05) is 83.1 Å². The van der Waals surface area contributed by atoms with E-state index in [4.69, 9.17) is 4.74 Å². The van der Waals surface area contributed by atoms with E-state index in [-0.39, 0.29) is 30.2 Å². The Kier molecular flexibility index (Phi) is 7.52. The normalized spacial score (nSPS) is 29.5. The van der Waals surface area contributed by atoms with Crippen LogP contribution in [-0.4, -0.2) is 57.6 Å². The molecule has 2 bridgehead atoms. The fraction of sp³-hybridized carbons (Fsp3) is 0.531. The fourth-order valence-corrected chi connectivity index (χ4v) is 7.30. The third-order valence-corrected chi connectivity index (χ3v) is 9.42. The summed E-state index contributed by atoms with van der Waals surface area (Å²) in [4.78, 5) is 44.0. The van der Waals surface area contributed by atoms with Gasteiger partial charge in [0.1, 0.15) is 11.6 Å². The lowest BCUT2D eigenvalue weighted by atomic mass is 9.65. The van der Waals surface area contributed by atoms with Crippen molar-refractivity contribution in [3.63, 3.8) is 0 Å². The van der Waals surface area contributed by atoms with E-state index in [1.54, 1.807) is 0 Å². The number of nitrogens with zero attached hydrogens (tertiary/aromatic N) is 1. The molecule has 3 N–H and O–H groups in total. The minimum atomic E-state index is -1.15. The molecule has 8 heteroatoms. The number of anilines is 1. The van der Waals surface area contributed by atoms with Gasteiger partial charge in [-0.25, -0.2) is 0 Å². The third-order valence-electron chi connectivity index (χ3n) is 9.42. The summed E-state index contributed by atoms with van der Waals surface area (Å²) >= 11 is 0. The summed E-state index contributed by atoms with van der Waals surface area (Å²) in [5.41, 5.74) is 1.59. The predicted molar refractivity (Wildman–Crippen MR) is 152 cm³/mol. The zero-order valence-corrected chi connectivity index (χ0v) is 24.1. The van der Waals surface area contributed by atoms with Crippen LogP contribution >= 0.6 is 0 Å². The minimum absolute atomic E-state index is 0.108. The van der Waals surface area contributed by atoms with Gasteiger partial charge in [0.25, 0.3) is 0 Å². The van der Waals surface area contributed by atoms with Gasteiger partial charge in [-0.3, -0.25) is 14.4 Å². The molecule has 3 fully saturated rings. The van der Waals surface area contributed by atoms with Crippen LogP contribution in [0.25, 0.3) is 0 Å². The van der Waals surface area contributed by atoms with E-state index in [2.05, 4.69) is 10.6 Å². The number of rotatable bonds is 9. The summed E-state index contributed by atoms with van der Waals surface area (Å²) in [6.07, 6.45) is 1.64. The minimum Gasteiger partial charge on any atom is -0.394 e. The number of likely N-dealkylation sites (tertiary alicyclic amines) is 1. The molecular weight excluding hydrogens is 506 g/mol. The molecule has 6 atom stereocenters. The quantitative estimate of drug-likeness (QED) is 0.444. The molecule has 3 aliphatic rings. The molecule has 214 valence electrons. The van der Waals surface area contributed by atoms with Crippen LogP contribution in [0.5, 0.6) is 0 Å². The number of carbonyl (C=O) groups excluding carboxylic acids is 3. The zero-order valence-electron chi connectivity index (χ0n) is 24.1. The number of fused-ring (bicyclic) bond motifs is 1. The van der Waals surface area contributed by atoms with Crippen molar-refractivity contribution in [2.24, 2.45) is 17.8 Å². The monoisotopic (exact) mass is 547 g/mol. The number of aryl methyl sites for hydroxylation is 2. The fourth-order valence-electron chi connectivity index (χ4n) is 7.30. The smallest absolute Gasteiger partial charge is 0.250 e. The second-order valence-corrected chi connectivity index (χ2v) is 12.1. The van der Waals surface area contributed by atoms with Crippen molar-refractivity contribution in [2.45, 2.75) is 83.7 Å². The maximum Gasteiger partial charge on any atom is 0.250 e. The van der Waals surface area contributed by atoms with Gasteiger partial charge in [0.2, 0.25) is 17.7 Å². The van der Waals surface area contributed by atoms with Crippen molar-refractivity contribution in [1.82, 2.24) is 10.2 Å². The van der Waals surface area contributed by atoms with Gasteiger partial charge >= 0.3 is 0 Å². The van der Waals surface area contributed by atoms with Crippen LogP contribution in [0.15, 0.2) is 48.5 Å². The highest BCUT2D eigenvalue weighted by Crippen LogP contribution is 2.64. The molecule has 3 heterocycles. The average molecular weight is 548 g/mol. The number of ether oxygens (including phenoxy) is 1. The molecule has 2 aromatic carbocycles. The summed E-state index contributed by atoms with van der Waals surface area (Å²) in [5, 5.41) is 16.5. The van der Waals surface area contributed by atoms with Crippen molar-refractivity contribution >= 4 is 23.4 Å². The highest BCUT2D eigenvalue weighted by Gasteiger charge is 2.79. The maximum absolute atomic E-state index is 14.4. The molecule has 0 radical (unpaired) electrons. The van der Waals surface area contributed by atoms with E-state index in [1.165, 1.54) is 4.90 Å². The molecule has 1 spiro atoms. The molecule has 0 saturated carbocycles. The highest BCUT2D eigenvalue weighted by molar-refractivity contribution is 6.04. The molecule has 0 aromatic heterocycles. The first-order valence-corrected chi connectivity index (χ1v) is 14.4. The van der Waals surface area contributed by atoms with Gasteiger partial charge in [0.15, 0.2) is 0 Å².